The van der Waals surface area contributed by atoms with Gasteiger partial charge in [-0.3, -0.25) is 4.79 Å². The zero-order chi connectivity index (χ0) is 22.1. The molecule has 1 unspecified atom stereocenters. The Labute approximate surface area is 200 Å². The van der Waals surface area contributed by atoms with Crippen LogP contribution in [0.3, 0.4) is 0 Å². The fourth-order valence-corrected chi connectivity index (χ4v) is 7.03. The predicted octanol–water partition coefficient (Wildman–Crippen LogP) is 5.59. The highest BCUT2D eigenvalue weighted by Crippen LogP contribution is 2.41. The number of carbonyl (C=O) groups excluding carboxylic acids is 1. The SMILES string of the molecule is CC(Sc1nnc(Cc2cccs2)n1C1CC1)C(=O)Nc1sc2c(c1C#N)CCCCC2. The summed E-state index contributed by atoms with van der Waals surface area (Å²) in [5.41, 5.74) is 1.81. The van der Waals surface area contributed by atoms with E-state index in [1.54, 1.807) is 22.7 Å². The third-order valence-corrected chi connectivity index (χ3v) is 9.12. The van der Waals surface area contributed by atoms with Gasteiger partial charge in [-0.2, -0.15) is 5.26 Å². The van der Waals surface area contributed by atoms with E-state index < -0.39 is 0 Å². The monoisotopic (exact) mass is 483 g/mol. The van der Waals surface area contributed by atoms with Gasteiger partial charge in [-0.25, -0.2) is 0 Å². The molecular formula is C23H25N5OS3. The van der Waals surface area contributed by atoms with Gasteiger partial charge in [0.1, 0.15) is 16.9 Å². The quantitative estimate of drug-likeness (QED) is 0.350. The van der Waals surface area contributed by atoms with Crippen LogP contribution in [0, 0.1) is 11.3 Å². The largest absolute Gasteiger partial charge is 0.316 e. The molecule has 6 nitrogen and oxygen atoms in total. The summed E-state index contributed by atoms with van der Waals surface area (Å²) >= 11 is 4.76. The summed E-state index contributed by atoms with van der Waals surface area (Å²) in [6, 6.07) is 6.96. The van der Waals surface area contributed by atoms with Gasteiger partial charge in [0.05, 0.1) is 10.8 Å². The van der Waals surface area contributed by atoms with Crippen LogP contribution < -0.4 is 5.32 Å². The third kappa shape index (κ3) is 4.49. The molecule has 0 radical (unpaired) electrons. The Kier molecular flexibility index (Phi) is 6.35. The van der Waals surface area contributed by atoms with Crippen molar-refractivity contribution in [3.63, 3.8) is 0 Å². The number of anilines is 1. The Balaban J connectivity index is 1.31. The summed E-state index contributed by atoms with van der Waals surface area (Å²) in [6.45, 7) is 1.90. The second-order valence-electron chi connectivity index (χ2n) is 8.39. The summed E-state index contributed by atoms with van der Waals surface area (Å²) in [5, 5.41) is 24.9. The molecule has 9 heteroatoms. The van der Waals surface area contributed by atoms with Crippen LogP contribution in [0.15, 0.2) is 22.7 Å². The zero-order valence-corrected chi connectivity index (χ0v) is 20.4. The van der Waals surface area contributed by atoms with Crippen molar-refractivity contribution in [2.45, 2.75) is 74.7 Å². The molecule has 0 aliphatic heterocycles. The van der Waals surface area contributed by atoms with E-state index in [2.05, 4.69) is 43.7 Å². The average molecular weight is 484 g/mol. The van der Waals surface area contributed by atoms with Crippen molar-refractivity contribution < 1.29 is 4.79 Å². The third-order valence-electron chi connectivity index (χ3n) is 5.98. The van der Waals surface area contributed by atoms with E-state index in [4.69, 9.17) is 0 Å². The van der Waals surface area contributed by atoms with Crippen LogP contribution in [-0.2, 0) is 24.1 Å². The molecule has 166 valence electrons. The first kappa shape index (κ1) is 21.7. The zero-order valence-electron chi connectivity index (χ0n) is 18.0. The van der Waals surface area contributed by atoms with Crippen molar-refractivity contribution in [1.82, 2.24) is 14.8 Å². The Hall–Kier alpha value is -2.15. The van der Waals surface area contributed by atoms with Crippen LogP contribution in [0.5, 0.6) is 0 Å². The molecule has 0 spiro atoms. The smallest absolute Gasteiger partial charge is 0.238 e. The number of nitrogens with one attached hydrogen (secondary N) is 1. The summed E-state index contributed by atoms with van der Waals surface area (Å²) in [6.07, 6.45) is 8.46. The number of hydrogen-bond donors (Lipinski definition) is 1. The number of aryl methyl sites for hydroxylation is 1. The molecule has 0 aromatic carbocycles. The Morgan fingerprint density at radius 2 is 2.19 bits per heavy atom. The average Bonchev–Trinajstić information content (AvgIpc) is 3.29. The Morgan fingerprint density at radius 1 is 1.34 bits per heavy atom. The molecule has 0 bridgehead atoms. The van der Waals surface area contributed by atoms with E-state index in [9.17, 15) is 10.1 Å². The fraction of sp³-hybridized carbons (Fsp3) is 0.478. The minimum Gasteiger partial charge on any atom is -0.316 e. The molecule has 3 aromatic rings. The van der Waals surface area contributed by atoms with Gasteiger partial charge in [0, 0.05) is 22.2 Å². The molecule has 0 saturated heterocycles. The number of carbonyl (C=O) groups is 1. The maximum atomic E-state index is 13.0. The van der Waals surface area contributed by atoms with Crippen LogP contribution in [-0.4, -0.2) is 25.9 Å². The Morgan fingerprint density at radius 3 is 2.94 bits per heavy atom. The van der Waals surface area contributed by atoms with Gasteiger partial charge in [-0.15, -0.1) is 32.9 Å². The number of fused-ring (bicyclic) bond motifs is 1. The lowest BCUT2D eigenvalue weighted by Gasteiger charge is -2.13. The van der Waals surface area contributed by atoms with E-state index in [0.717, 1.165) is 61.5 Å². The van der Waals surface area contributed by atoms with Gasteiger partial charge in [0.15, 0.2) is 5.16 Å². The van der Waals surface area contributed by atoms with E-state index in [0.29, 0.717) is 16.6 Å². The normalized spacial score (nSPS) is 16.8. The maximum absolute atomic E-state index is 13.0. The number of hydrogen-bond acceptors (Lipinski definition) is 7. The maximum Gasteiger partial charge on any atom is 0.238 e. The van der Waals surface area contributed by atoms with Crippen molar-refractivity contribution in [2.24, 2.45) is 0 Å². The number of nitriles is 1. The standard InChI is InChI=1S/C23H25N5OS3/c1-14(21(29)25-22-18(13-24)17-7-3-2-4-8-19(17)32-22)31-23-27-26-20(28(23)15-9-10-15)12-16-6-5-11-30-16/h5-6,11,14-15H,2-4,7-10,12H2,1H3,(H,25,29). The highest BCUT2D eigenvalue weighted by molar-refractivity contribution is 8.00. The van der Waals surface area contributed by atoms with E-state index in [-0.39, 0.29) is 11.2 Å². The van der Waals surface area contributed by atoms with Gasteiger partial charge in [-0.1, -0.05) is 24.2 Å². The molecule has 1 amide bonds. The highest BCUT2D eigenvalue weighted by atomic mass is 32.2. The number of thioether (sulfide) groups is 1. The lowest BCUT2D eigenvalue weighted by Crippen LogP contribution is -2.23. The number of thiophene rings is 2. The van der Waals surface area contributed by atoms with Crippen LogP contribution in [0.25, 0.3) is 0 Å². The molecule has 1 N–H and O–H groups in total. The number of nitrogens with zero attached hydrogens (tertiary/aromatic N) is 4. The summed E-state index contributed by atoms with van der Waals surface area (Å²) in [4.78, 5) is 15.6. The van der Waals surface area contributed by atoms with Gasteiger partial charge >= 0.3 is 0 Å². The molecule has 1 fully saturated rings. The van der Waals surface area contributed by atoms with Gasteiger partial charge in [0.25, 0.3) is 0 Å². The first-order valence-electron chi connectivity index (χ1n) is 11.1. The first-order valence-corrected chi connectivity index (χ1v) is 13.7. The lowest BCUT2D eigenvalue weighted by molar-refractivity contribution is -0.115. The molecule has 2 aliphatic rings. The molecule has 3 aromatic heterocycles. The lowest BCUT2D eigenvalue weighted by atomic mass is 10.1. The van der Waals surface area contributed by atoms with Gasteiger partial charge in [0.2, 0.25) is 5.91 Å². The van der Waals surface area contributed by atoms with Crippen molar-refractivity contribution in [1.29, 1.82) is 5.26 Å². The van der Waals surface area contributed by atoms with Crippen molar-refractivity contribution >= 4 is 45.3 Å². The van der Waals surface area contributed by atoms with Crippen molar-refractivity contribution in [3.05, 3.63) is 44.2 Å². The fourth-order valence-electron chi connectivity index (χ4n) is 4.15. The number of amides is 1. The summed E-state index contributed by atoms with van der Waals surface area (Å²) in [5.74, 6) is 0.881. The highest BCUT2D eigenvalue weighted by Gasteiger charge is 2.31. The second kappa shape index (κ2) is 9.38. The molecule has 1 saturated carbocycles. The van der Waals surface area contributed by atoms with Crippen molar-refractivity contribution in [2.75, 3.05) is 5.32 Å². The second-order valence-corrected chi connectivity index (χ2v) is 11.8. The van der Waals surface area contributed by atoms with Gasteiger partial charge < -0.3 is 9.88 Å². The summed E-state index contributed by atoms with van der Waals surface area (Å²) in [7, 11) is 0. The van der Waals surface area contributed by atoms with E-state index in [1.807, 2.05) is 6.92 Å². The summed E-state index contributed by atoms with van der Waals surface area (Å²) < 4.78 is 2.22. The molecular weight excluding hydrogens is 458 g/mol. The molecule has 1 atom stereocenters. The minimum absolute atomic E-state index is 0.0898. The molecule has 5 rings (SSSR count). The Bertz CT molecular complexity index is 1150. The van der Waals surface area contributed by atoms with Crippen LogP contribution >= 0.6 is 34.4 Å². The molecule has 32 heavy (non-hydrogen) atoms. The molecule has 3 heterocycles. The first-order chi connectivity index (χ1) is 15.6. The molecule has 2 aliphatic carbocycles. The van der Waals surface area contributed by atoms with Gasteiger partial charge in [-0.05, 0) is 62.5 Å². The van der Waals surface area contributed by atoms with E-state index in [1.165, 1.54) is 27.9 Å². The van der Waals surface area contributed by atoms with Crippen LogP contribution in [0.4, 0.5) is 5.00 Å². The topological polar surface area (TPSA) is 83.6 Å². The number of rotatable bonds is 7. The van der Waals surface area contributed by atoms with Crippen molar-refractivity contribution in [3.8, 4) is 6.07 Å². The van der Waals surface area contributed by atoms with Crippen LogP contribution in [0.1, 0.15) is 71.8 Å². The van der Waals surface area contributed by atoms with E-state index >= 15 is 0 Å². The predicted molar refractivity (Wildman–Crippen MR) is 130 cm³/mol. The van der Waals surface area contributed by atoms with Crippen LogP contribution in [0.2, 0.25) is 0 Å². The number of aromatic nitrogens is 3. The minimum atomic E-state index is -0.334.